The van der Waals surface area contributed by atoms with Gasteiger partial charge < -0.3 is 25.2 Å². The van der Waals surface area contributed by atoms with Crippen molar-refractivity contribution < 1.29 is 47.5 Å². The maximum absolute atomic E-state index is 12.6. The number of rotatable bonds is 36. The topological polar surface area (TPSA) is 172 Å². The average Bonchev–Trinajstić information content (AvgIpc) is 3.13. The maximum atomic E-state index is 12.6. The van der Waals surface area contributed by atoms with E-state index in [0.717, 1.165) is 77.0 Å². The van der Waals surface area contributed by atoms with Gasteiger partial charge in [-0.15, -0.1) is 0 Å². The van der Waals surface area contributed by atoms with Crippen molar-refractivity contribution in [3.63, 3.8) is 0 Å². The number of allylic oxidation sites excluding steroid dienone is 10. The summed E-state index contributed by atoms with van der Waals surface area (Å²) in [5, 5.41) is 8.86. The van der Waals surface area contributed by atoms with Crippen LogP contribution in [0, 0.1) is 0 Å². The molecule has 0 saturated heterocycles. The molecule has 0 heterocycles. The summed E-state index contributed by atoms with van der Waals surface area (Å²) in [6.07, 6.45) is 40.0. The highest BCUT2D eigenvalue weighted by Crippen LogP contribution is 2.43. The summed E-state index contributed by atoms with van der Waals surface area (Å²) >= 11 is 0. The van der Waals surface area contributed by atoms with Gasteiger partial charge in [0.1, 0.15) is 12.6 Å². The van der Waals surface area contributed by atoms with Gasteiger partial charge in [0.25, 0.3) is 0 Å². The van der Waals surface area contributed by atoms with Crippen molar-refractivity contribution in [2.24, 2.45) is 5.73 Å². The van der Waals surface area contributed by atoms with E-state index in [1.165, 1.54) is 32.1 Å². The fourth-order valence-electron chi connectivity index (χ4n) is 4.79. The molecule has 0 aromatic carbocycles. The molecular formula is C41H70NO10P. The Morgan fingerprint density at radius 2 is 1.02 bits per heavy atom. The van der Waals surface area contributed by atoms with Crippen molar-refractivity contribution in [1.29, 1.82) is 0 Å². The summed E-state index contributed by atoms with van der Waals surface area (Å²) in [6.45, 7) is 2.65. The first kappa shape index (κ1) is 50.2. The Hall–Kier alpha value is -2.82. The van der Waals surface area contributed by atoms with Crippen LogP contribution in [0.2, 0.25) is 0 Å². The van der Waals surface area contributed by atoms with Crippen molar-refractivity contribution in [2.45, 2.75) is 161 Å². The molecule has 0 radical (unpaired) electrons. The molecule has 0 aliphatic heterocycles. The lowest BCUT2D eigenvalue weighted by molar-refractivity contribution is -0.161. The van der Waals surface area contributed by atoms with Gasteiger partial charge in [-0.2, -0.15) is 0 Å². The van der Waals surface area contributed by atoms with Crippen LogP contribution in [0.3, 0.4) is 0 Å². The summed E-state index contributed by atoms with van der Waals surface area (Å²) in [7, 11) is -4.73. The molecule has 0 amide bonds. The minimum atomic E-state index is -4.73. The van der Waals surface area contributed by atoms with E-state index < -0.39 is 51.1 Å². The molecule has 3 atom stereocenters. The molecule has 0 aliphatic carbocycles. The summed E-state index contributed by atoms with van der Waals surface area (Å²) in [5.41, 5.74) is 5.32. The van der Waals surface area contributed by atoms with Crippen LogP contribution in [-0.4, -0.2) is 59.9 Å². The molecule has 0 spiro atoms. The normalized spacial score (nSPS) is 14.5. The highest BCUT2D eigenvalue weighted by molar-refractivity contribution is 7.47. The van der Waals surface area contributed by atoms with Gasteiger partial charge in [0.2, 0.25) is 0 Å². The molecule has 1 unspecified atom stereocenters. The SMILES string of the molecule is CCCC/C=C\C/C=C\CCCCCCCC(=O)O[C@H](COC(=O)CCCC/C=C\C/C=C\C/C=C\CCCCC)COP(=O)(O)OC[C@H](N)C(=O)O. The van der Waals surface area contributed by atoms with Crippen LogP contribution in [0.25, 0.3) is 0 Å². The Kier molecular flexibility index (Phi) is 34.2. The van der Waals surface area contributed by atoms with Crippen LogP contribution in [0.1, 0.15) is 149 Å². The van der Waals surface area contributed by atoms with Crippen LogP contribution in [0.5, 0.6) is 0 Å². The third kappa shape index (κ3) is 36.0. The van der Waals surface area contributed by atoms with E-state index in [1.54, 1.807) is 0 Å². The van der Waals surface area contributed by atoms with E-state index in [2.05, 4.69) is 79.1 Å². The Morgan fingerprint density at radius 3 is 1.58 bits per heavy atom. The number of unbranched alkanes of at least 4 members (excludes halogenated alkanes) is 12. The van der Waals surface area contributed by atoms with Crippen molar-refractivity contribution in [2.75, 3.05) is 19.8 Å². The van der Waals surface area contributed by atoms with E-state index in [9.17, 15) is 23.8 Å². The molecule has 0 aromatic heterocycles. The van der Waals surface area contributed by atoms with Gasteiger partial charge >= 0.3 is 25.7 Å². The average molecular weight is 768 g/mol. The van der Waals surface area contributed by atoms with Gasteiger partial charge in [-0.1, -0.05) is 120 Å². The third-order valence-corrected chi connectivity index (χ3v) is 8.94. The number of phosphoric ester groups is 1. The molecule has 304 valence electrons. The highest BCUT2D eigenvalue weighted by Gasteiger charge is 2.28. The molecule has 0 bridgehead atoms. The van der Waals surface area contributed by atoms with Gasteiger partial charge in [-0.3, -0.25) is 23.4 Å². The quantitative estimate of drug-likeness (QED) is 0.0240. The van der Waals surface area contributed by atoms with Crippen molar-refractivity contribution in [3.05, 3.63) is 60.8 Å². The number of carbonyl (C=O) groups is 3. The molecule has 0 saturated carbocycles. The molecule has 0 aromatic rings. The second-order valence-corrected chi connectivity index (χ2v) is 14.5. The Labute approximate surface area is 319 Å². The fourth-order valence-corrected chi connectivity index (χ4v) is 5.57. The second-order valence-electron chi connectivity index (χ2n) is 13.1. The molecule has 12 heteroatoms. The molecule has 11 nitrogen and oxygen atoms in total. The zero-order valence-corrected chi connectivity index (χ0v) is 33.5. The monoisotopic (exact) mass is 767 g/mol. The van der Waals surface area contributed by atoms with E-state index in [-0.39, 0.29) is 19.4 Å². The lowest BCUT2D eigenvalue weighted by atomic mass is 10.1. The van der Waals surface area contributed by atoms with Gasteiger partial charge in [0.15, 0.2) is 6.10 Å². The van der Waals surface area contributed by atoms with Crippen LogP contribution >= 0.6 is 7.82 Å². The second kappa shape index (κ2) is 36.2. The van der Waals surface area contributed by atoms with E-state index in [4.69, 9.17) is 24.8 Å². The van der Waals surface area contributed by atoms with Crippen LogP contribution in [0.4, 0.5) is 0 Å². The van der Waals surface area contributed by atoms with Crippen LogP contribution in [-0.2, 0) is 37.5 Å². The van der Waals surface area contributed by atoms with E-state index in [1.807, 2.05) is 0 Å². The molecule has 53 heavy (non-hydrogen) atoms. The summed E-state index contributed by atoms with van der Waals surface area (Å²) in [4.78, 5) is 45.8. The summed E-state index contributed by atoms with van der Waals surface area (Å²) < 4.78 is 32.5. The number of hydrogen-bond donors (Lipinski definition) is 3. The van der Waals surface area contributed by atoms with Crippen LogP contribution in [0.15, 0.2) is 60.8 Å². The van der Waals surface area contributed by atoms with Gasteiger partial charge in [0, 0.05) is 12.8 Å². The fraction of sp³-hybridized carbons (Fsp3) is 0.683. The number of ether oxygens (including phenoxy) is 2. The number of hydrogen-bond acceptors (Lipinski definition) is 9. The number of carbonyl (C=O) groups excluding carboxylic acids is 2. The summed E-state index contributed by atoms with van der Waals surface area (Å²) in [5.74, 6) is -2.46. The van der Waals surface area contributed by atoms with Gasteiger partial charge in [-0.25, -0.2) is 4.57 Å². The smallest absolute Gasteiger partial charge is 0.472 e. The van der Waals surface area contributed by atoms with Crippen molar-refractivity contribution in [1.82, 2.24) is 0 Å². The predicted molar refractivity (Wildman–Crippen MR) is 212 cm³/mol. The first-order chi connectivity index (χ1) is 25.6. The molecular weight excluding hydrogens is 697 g/mol. The largest absolute Gasteiger partial charge is 0.480 e. The minimum absolute atomic E-state index is 0.134. The number of carboxylic acids is 1. The van der Waals surface area contributed by atoms with Crippen LogP contribution < -0.4 is 5.73 Å². The van der Waals surface area contributed by atoms with Gasteiger partial charge in [0.05, 0.1) is 13.2 Å². The third-order valence-electron chi connectivity index (χ3n) is 7.99. The molecule has 0 rings (SSSR count). The number of nitrogens with two attached hydrogens (primary N) is 1. The van der Waals surface area contributed by atoms with Crippen molar-refractivity contribution in [3.8, 4) is 0 Å². The Bertz CT molecular complexity index is 1130. The molecule has 4 N–H and O–H groups in total. The first-order valence-electron chi connectivity index (χ1n) is 19.8. The summed E-state index contributed by atoms with van der Waals surface area (Å²) in [6, 6.07) is -1.53. The number of esters is 2. The maximum Gasteiger partial charge on any atom is 0.472 e. The highest BCUT2D eigenvalue weighted by atomic mass is 31.2. The standard InChI is InChI=1S/C41H70NO10P/c1-3-5-7-9-11-13-15-17-19-21-22-24-26-28-30-32-39(43)49-34-37(35-50-53(47,48)51-36-38(42)41(45)46)52-40(44)33-31-29-27-25-23-20-18-16-14-12-10-8-6-4-2/h10-13,16-19,22,24,37-38H,3-9,14-15,20-21,23,25-36,42H2,1-2H3,(H,45,46)(H,47,48)/b12-10-,13-11-,18-16-,19-17-,24-22-/t37-,38+/m1/s1. The molecule has 0 fully saturated rings. The number of aliphatic carboxylic acids is 1. The van der Waals surface area contributed by atoms with E-state index in [0.29, 0.717) is 12.8 Å². The number of carboxylic acid groups (broad SMARTS) is 1. The molecule has 0 aliphatic rings. The lowest BCUT2D eigenvalue weighted by Gasteiger charge is -2.20. The number of phosphoric acid groups is 1. The zero-order valence-electron chi connectivity index (χ0n) is 32.6. The Balaban J connectivity index is 4.53. The predicted octanol–water partition coefficient (Wildman–Crippen LogP) is 10.00. The first-order valence-corrected chi connectivity index (χ1v) is 21.3. The lowest BCUT2D eigenvalue weighted by Crippen LogP contribution is -2.34. The zero-order chi connectivity index (χ0) is 39.3. The van der Waals surface area contributed by atoms with Gasteiger partial charge in [-0.05, 0) is 77.0 Å². The van der Waals surface area contributed by atoms with Crippen molar-refractivity contribution >= 4 is 25.7 Å². The Morgan fingerprint density at radius 1 is 0.585 bits per heavy atom. The van der Waals surface area contributed by atoms with E-state index >= 15 is 0 Å². The minimum Gasteiger partial charge on any atom is -0.480 e.